The third-order valence-corrected chi connectivity index (χ3v) is 3.35. The zero-order chi connectivity index (χ0) is 11.7. The summed E-state index contributed by atoms with van der Waals surface area (Å²) in [5.41, 5.74) is 2.39. The molecule has 4 nitrogen and oxygen atoms in total. The monoisotopic (exact) mass is 231 g/mol. The number of nitrogens with one attached hydrogen (secondary N) is 1. The van der Waals surface area contributed by atoms with Crippen LogP contribution in [-0.2, 0) is 13.0 Å². The Morgan fingerprint density at radius 3 is 3.35 bits per heavy atom. The summed E-state index contributed by atoms with van der Waals surface area (Å²) in [6.45, 7) is 2.99. The molecule has 3 rings (SSSR count). The molecule has 0 radical (unpaired) electrons. The normalized spacial score (nSPS) is 19.0. The second-order valence-electron chi connectivity index (χ2n) is 4.47. The van der Waals surface area contributed by atoms with Crippen molar-refractivity contribution in [2.24, 2.45) is 0 Å². The van der Waals surface area contributed by atoms with Crippen molar-refractivity contribution in [2.75, 3.05) is 5.32 Å². The number of aromatic nitrogens is 2. The van der Waals surface area contributed by atoms with Crippen LogP contribution >= 0.6 is 0 Å². The first-order valence-corrected chi connectivity index (χ1v) is 6.22. The highest BCUT2D eigenvalue weighted by molar-refractivity contribution is 5.42. The van der Waals surface area contributed by atoms with Crippen LogP contribution in [0.5, 0.6) is 0 Å². The van der Waals surface area contributed by atoms with Gasteiger partial charge in [-0.05, 0) is 25.8 Å². The van der Waals surface area contributed by atoms with Gasteiger partial charge in [-0.2, -0.15) is 5.10 Å². The van der Waals surface area contributed by atoms with Crippen LogP contribution in [0.1, 0.15) is 37.1 Å². The average Bonchev–Trinajstić information content (AvgIpc) is 2.97. The van der Waals surface area contributed by atoms with E-state index in [1.165, 1.54) is 12.0 Å². The van der Waals surface area contributed by atoms with Crippen molar-refractivity contribution < 1.29 is 4.42 Å². The molecule has 0 fully saturated rings. The lowest BCUT2D eigenvalue weighted by atomic mass is 9.93. The van der Waals surface area contributed by atoms with Gasteiger partial charge in [0.2, 0.25) is 0 Å². The quantitative estimate of drug-likeness (QED) is 0.883. The minimum absolute atomic E-state index is 0.368. The number of fused-ring (bicyclic) bond motifs is 1. The summed E-state index contributed by atoms with van der Waals surface area (Å²) < 4.78 is 7.42. The maximum atomic E-state index is 5.49. The molecule has 1 aliphatic carbocycles. The largest absolute Gasteiger partial charge is 0.469 e. The van der Waals surface area contributed by atoms with E-state index in [9.17, 15) is 0 Å². The first-order valence-electron chi connectivity index (χ1n) is 6.22. The van der Waals surface area contributed by atoms with E-state index in [0.29, 0.717) is 6.04 Å². The predicted octanol–water partition coefficient (Wildman–Crippen LogP) is 2.99. The molecule has 2 aromatic heterocycles. The highest BCUT2D eigenvalue weighted by Gasteiger charge is 2.22. The molecule has 17 heavy (non-hydrogen) atoms. The van der Waals surface area contributed by atoms with E-state index in [4.69, 9.17) is 4.42 Å². The van der Waals surface area contributed by atoms with Crippen LogP contribution in [0, 0.1) is 0 Å². The molecule has 0 saturated carbocycles. The standard InChI is InChI=1S/C13H17N3O/c1-2-16-9-10(8-14-16)15-12-4-3-5-13-11(12)6-7-17-13/h6-9,12,15H,2-5H2,1H3. The molecule has 1 unspecified atom stereocenters. The number of nitrogens with zero attached hydrogens (tertiary/aromatic N) is 2. The van der Waals surface area contributed by atoms with Gasteiger partial charge >= 0.3 is 0 Å². The molecular weight excluding hydrogens is 214 g/mol. The SMILES string of the molecule is CCn1cc(NC2CCCc3occc32)cn1. The maximum Gasteiger partial charge on any atom is 0.109 e. The molecule has 0 amide bonds. The lowest BCUT2D eigenvalue weighted by Gasteiger charge is -2.22. The molecule has 90 valence electrons. The molecule has 2 aromatic rings. The summed E-state index contributed by atoms with van der Waals surface area (Å²) in [5, 5.41) is 7.81. The molecule has 2 heterocycles. The lowest BCUT2D eigenvalue weighted by Crippen LogP contribution is -2.15. The van der Waals surface area contributed by atoms with Crippen molar-refractivity contribution in [3.63, 3.8) is 0 Å². The minimum atomic E-state index is 0.368. The molecule has 0 aromatic carbocycles. The van der Waals surface area contributed by atoms with Crippen LogP contribution in [0.3, 0.4) is 0 Å². The van der Waals surface area contributed by atoms with Crippen LogP contribution in [0.4, 0.5) is 5.69 Å². The second kappa shape index (κ2) is 4.28. The van der Waals surface area contributed by atoms with Gasteiger partial charge in [0.15, 0.2) is 0 Å². The second-order valence-corrected chi connectivity index (χ2v) is 4.47. The topological polar surface area (TPSA) is 43.0 Å². The van der Waals surface area contributed by atoms with Crippen LogP contribution in [-0.4, -0.2) is 9.78 Å². The van der Waals surface area contributed by atoms with Crippen molar-refractivity contribution in [1.82, 2.24) is 9.78 Å². The zero-order valence-electron chi connectivity index (χ0n) is 10.0. The lowest BCUT2D eigenvalue weighted by molar-refractivity contribution is 0.461. The van der Waals surface area contributed by atoms with E-state index in [1.807, 2.05) is 17.1 Å². The Bertz CT molecular complexity index is 500. The zero-order valence-corrected chi connectivity index (χ0v) is 10.0. The smallest absolute Gasteiger partial charge is 0.109 e. The summed E-state index contributed by atoms with van der Waals surface area (Å²) in [5.74, 6) is 1.14. The Morgan fingerprint density at radius 2 is 2.53 bits per heavy atom. The third-order valence-electron chi connectivity index (χ3n) is 3.35. The van der Waals surface area contributed by atoms with Gasteiger partial charge in [-0.15, -0.1) is 0 Å². The van der Waals surface area contributed by atoms with Gasteiger partial charge in [0.25, 0.3) is 0 Å². The van der Waals surface area contributed by atoms with Crippen LogP contribution in [0.15, 0.2) is 29.1 Å². The van der Waals surface area contributed by atoms with E-state index >= 15 is 0 Å². The summed E-state index contributed by atoms with van der Waals surface area (Å²) >= 11 is 0. The average molecular weight is 231 g/mol. The fourth-order valence-electron chi connectivity index (χ4n) is 2.45. The van der Waals surface area contributed by atoms with Gasteiger partial charge < -0.3 is 9.73 Å². The molecule has 4 heteroatoms. The van der Waals surface area contributed by atoms with Crippen LogP contribution in [0.2, 0.25) is 0 Å². The summed E-state index contributed by atoms with van der Waals surface area (Å²) in [7, 11) is 0. The Morgan fingerprint density at radius 1 is 1.59 bits per heavy atom. The highest BCUT2D eigenvalue weighted by Crippen LogP contribution is 2.32. The van der Waals surface area contributed by atoms with Gasteiger partial charge in [-0.3, -0.25) is 4.68 Å². The number of rotatable bonds is 3. The van der Waals surface area contributed by atoms with Gasteiger partial charge in [-0.25, -0.2) is 0 Å². The van der Waals surface area contributed by atoms with Crippen LogP contribution in [0.25, 0.3) is 0 Å². The number of aryl methyl sites for hydroxylation is 2. The number of furan rings is 1. The Balaban J connectivity index is 1.78. The fraction of sp³-hybridized carbons (Fsp3) is 0.462. The molecule has 0 saturated heterocycles. The van der Waals surface area contributed by atoms with E-state index in [1.54, 1.807) is 6.26 Å². The van der Waals surface area contributed by atoms with Gasteiger partial charge in [0, 0.05) is 24.7 Å². The molecule has 0 aliphatic heterocycles. The van der Waals surface area contributed by atoms with E-state index in [2.05, 4.69) is 23.4 Å². The molecule has 1 aliphatic rings. The first kappa shape index (κ1) is 10.4. The van der Waals surface area contributed by atoms with Gasteiger partial charge in [-0.1, -0.05) is 0 Å². The first-order chi connectivity index (χ1) is 8.36. The maximum absolute atomic E-state index is 5.49. The van der Waals surface area contributed by atoms with Crippen molar-refractivity contribution >= 4 is 5.69 Å². The number of hydrogen-bond donors (Lipinski definition) is 1. The minimum Gasteiger partial charge on any atom is -0.469 e. The molecule has 1 atom stereocenters. The van der Waals surface area contributed by atoms with Crippen molar-refractivity contribution in [3.8, 4) is 0 Å². The molecule has 0 bridgehead atoms. The summed E-state index contributed by atoms with van der Waals surface area (Å²) in [6, 6.07) is 2.45. The highest BCUT2D eigenvalue weighted by atomic mass is 16.3. The number of anilines is 1. The van der Waals surface area contributed by atoms with E-state index < -0.39 is 0 Å². The predicted molar refractivity (Wildman–Crippen MR) is 65.9 cm³/mol. The molecule has 1 N–H and O–H groups in total. The Kier molecular flexibility index (Phi) is 2.63. The van der Waals surface area contributed by atoms with E-state index in [-0.39, 0.29) is 0 Å². The molecule has 0 spiro atoms. The van der Waals surface area contributed by atoms with Crippen molar-refractivity contribution in [1.29, 1.82) is 0 Å². The van der Waals surface area contributed by atoms with Gasteiger partial charge in [0.05, 0.1) is 24.2 Å². The van der Waals surface area contributed by atoms with Crippen LogP contribution < -0.4 is 5.32 Å². The number of hydrogen-bond acceptors (Lipinski definition) is 3. The third kappa shape index (κ3) is 1.95. The Labute approximate surface area is 101 Å². The summed E-state index contributed by atoms with van der Waals surface area (Å²) in [4.78, 5) is 0. The Hall–Kier alpha value is -1.71. The van der Waals surface area contributed by atoms with Crippen molar-refractivity contribution in [2.45, 2.75) is 38.8 Å². The van der Waals surface area contributed by atoms with Crippen molar-refractivity contribution in [3.05, 3.63) is 36.0 Å². The van der Waals surface area contributed by atoms with E-state index in [0.717, 1.165) is 30.8 Å². The van der Waals surface area contributed by atoms with Gasteiger partial charge in [0.1, 0.15) is 5.76 Å². The summed E-state index contributed by atoms with van der Waals surface area (Å²) in [6.07, 6.45) is 9.13. The fourth-order valence-corrected chi connectivity index (χ4v) is 2.45. The molecular formula is C13H17N3O.